The van der Waals surface area contributed by atoms with Crippen LogP contribution < -0.4 is 0 Å². The molecule has 0 heterocycles. The Labute approximate surface area is 443 Å². The summed E-state index contributed by atoms with van der Waals surface area (Å²) in [5.41, 5.74) is 0. The zero-order valence-corrected chi connectivity index (χ0v) is 46.4. The molecule has 72 heavy (non-hydrogen) atoms. The van der Waals surface area contributed by atoms with E-state index in [1.54, 1.807) is 6.08 Å². The predicted molar refractivity (Wildman–Crippen MR) is 311 cm³/mol. The van der Waals surface area contributed by atoms with Gasteiger partial charge in [0.1, 0.15) is 13.2 Å². The number of hydrogen-bond donors (Lipinski definition) is 0. The van der Waals surface area contributed by atoms with Crippen molar-refractivity contribution < 1.29 is 28.6 Å². The number of allylic oxidation sites excluding steroid dienone is 21. The zero-order chi connectivity index (χ0) is 52.2. The van der Waals surface area contributed by atoms with Crippen molar-refractivity contribution >= 4 is 17.9 Å². The topological polar surface area (TPSA) is 78.9 Å². The number of rotatable bonds is 51. The van der Waals surface area contributed by atoms with Crippen LogP contribution in [0, 0.1) is 0 Å². The Hall–Kier alpha value is -4.45. The molecule has 6 heteroatoms. The molecule has 0 saturated carbocycles. The van der Waals surface area contributed by atoms with Gasteiger partial charge in [-0.15, -0.1) is 0 Å². The van der Waals surface area contributed by atoms with Crippen molar-refractivity contribution in [2.24, 2.45) is 0 Å². The van der Waals surface area contributed by atoms with Gasteiger partial charge in [-0.2, -0.15) is 0 Å². The van der Waals surface area contributed by atoms with E-state index in [2.05, 4.69) is 142 Å². The molecule has 0 aliphatic carbocycles. The smallest absolute Gasteiger partial charge is 0.309 e. The van der Waals surface area contributed by atoms with Crippen LogP contribution in [-0.2, 0) is 28.6 Å². The summed E-state index contributed by atoms with van der Waals surface area (Å²) >= 11 is 0. The van der Waals surface area contributed by atoms with Crippen molar-refractivity contribution in [3.63, 3.8) is 0 Å². The van der Waals surface area contributed by atoms with E-state index in [9.17, 15) is 14.4 Å². The standard InChI is InChI=1S/C66H106O6/c1-4-7-10-13-16-19-22-25-28-30-31-32-33-34-35-36-39-41-44-47-50-53-56-59-65(68)71-62-63(61-70-64(67)58-55-52-49-46-43-40-37-27-24-21-18-15-12-9-6-3)72-66(69)60-57-54-51-48-45-42-38-29-26-23-20-17-14-11-8-5-2/h7,9-10,12,16,18-19,21,25,27-28,31-32,34-35,37,39,41,43,46,52,55,63H,4-6,8,11,13-15,17,20,22-24,26,29-30,33,36,38,40,42,44-45,47-51,53-54,56-62H2,1-3H3/b10-7-,12-9-,19-16-,21-18-,28-25-,32-31-,35-34-,37-27-,41-39-,46-43-,55-52-. The number of carbonyl (C=O) groups excluding carboxylic acids is 3. The van der Waals surface area contributed by atoms with Gasteiger partial charge in [-0.3, -0.25) is 14.4 Å². The summed E-state index contributed by atoms with van der Waals surface area (Å²) in [6.07, 6.45) is 83.2. The molecule has 0 saturated heterocycles. The van der Waals surface area contributed by atoms with E-state index < -0.39 is 12.1 Å². The molecule has 0 radical (unpaired) electrons. The summed E-state index contributed by atoms with van der Waals surface area (Å²) in [7, 11) is 0. The SMILES string of the molecule is CC/C=C\C/C=C\C/C=C\C/C=C\C/C=C\C/C=C\CCCCCCC(=O)OCC(COC(=O)C/C=C\C/C=C\C/C=C\C/C=C\C/C=C\CC)OC(=O)CCCCCCCCCCCCCCCCCC. The molecule has 0 aromatic carbocycles. The van der Waals surface area contributed by atoms with Gasteiger partial charge in [0.25, 0.3) is 0 Å². The van der Waals surface area contributed by atoms with Gasteiger partial charge in [-0.05, 0) is 96.3 Å². The molecule has 0 aromatic heterocycles. The normalized spacial score (nSPS) is 13.1. The van der Waals surface area contributed by atoms with Crippen molar-refractivity contribution in [2.45, 2.75) is 252 Å². The minimum Gasteiger partial charge on any atom is -0.462 e. The third-order valence-corrected chi connectivity index (χ3v) is 11.9. The van der Waals surface area contributed by atoms with Crippen molar-refractivity contribution in [3.05, 3.63) is 134 Å². The van der Waals surface area contributed by atoms with Crippen molar-refractivity contribution in [2.75, 3.05) is 13.2 Å². The quantitative estimate of drug-likeness (QED) is 0.0261. The molecule has 0 aliphatic rings. The Morgan fingerprint density at radius 2 is 0.597 bits per heavy atom. The highest BCUT2D eigenvalue weighted by Gasteiger charge is 2.19. The second-order valence-corrected chi connectivity index (χ2v) is 18.8. The summed E-state index contributed by atoms with van der Waals surface area (Å²) in [6.45, 7) is 6.30. The maximum Gasteiger partial charge on any atom is 0.309 e. The zero-order valence-electron chi connectivity index (χ0n) is 46.4. The van der Waals surface area contributed by atoms with Gasteiger partial charge in [-0.1, -0.05) is 264 Å². The molecule has 0 fully saturated rings. The molecular weight excluding hydrogens is 889 g/mol. The third-order valence-electron chi connectivity index (χ3n) is 11.9. The number of unbranched alkanes of at least 4 members (excludes halogenated alkanes) is 19. The lowest BCUT2D eigenvalue weighted by Gasteiger charge is -2.18. The summed E-state index contributed by atoms with van der Waals surface area (Å²) in [5, 5.41) is 0. The van der Waals surface area contributed by atoms with Gasteiger partial charge in [0.05, 0.1) is 6.42 Å². The molecular formula is C66H106O6. The van der Waals surface area contributed by atoms with E-state index >= 15 is 0 Å². The molecule has 0 bridgehead atoms. The van der Waals surface area contributed by atoms with Crippen LogP contribution in [0.1, 0.15) is 245 Å². The Balaban J connectivity index is 4.52. The van der Waals surface area contributed by atoms with Gasteiger partial charge in [-0.25, -0.2) is 0 Å². The fourth-order valence-corrected chi connectivity index (χ4v) is 7.64. The largest absolute Gasteiger partial charge is 0.462 e. The number of ether oxygens (including phenoxy) is 3. The molecule has 0 aliphatic heterocycles. The van der Waals surface area contributed by atoms with Crippen LogP contribution >= 0.6 is 0 Å². The lowest BCUT2D eigenvalue weighted by Crippen LogP contribution is -2.30. The Kier molecular flexibility index (Phi) is 55.5. The first-order chi connectivity index (χ1) is 35.5. The average Bonchev–Trinajstić information content (AvgIpc) is 3.38. The van der Waals surface area contributed by atoms with Crippen LogP contribution in [-0.4, -0.2) is 37.2 Å². The molecule has 1 unspecified atom stereocenters. The first-order valence-electron chi connectivity index (χ1n) is 29.2. The second-order valence-electron chi connectivity index (χ2n) is 18.8. The lowest BCUT2D eigenvalue weighted by atomic mass is 10.0. The van der Waals surface area contributed by atoms with Crippen LogP contribution in [0.3, 0.4) is 0 Å². The number of carbonyl (C=O) groups is 3. The third kappa shape index (κ3) is 56.5. The Morgan fingerprint density at radius 3 is 0.972 bits per heavy atom. The molecule has 406 valence electrons. The fraction of sp³-hybridized carbons (Fsp3) is 0.621. The molecule has 0 amide bonds. The summed E-state index contributed by atoms with van der Waals surface area (Å²) in [6, 6.07) is 0. The van der Waals surface area contributed by atoms with Crippen molar-refractivity contribution in [1.29, 1.82) is 0 Å². The van der Waals surface area contributed by atoms with Crippen LogP contribution in [0.5, 0.6) is 0 Å². The molecule has 1 atom stereocenters. The maximum atomic E-state index is 12.9. The Morgan fingerprint density at radius 1 is 0.306 bits per heavy atom. The fourth-order valence-electron chi connectivity index (χ4n) is 7.64. The van der Waals surface area contributed by atoms with E-state index in [0.29, 0.717) is 12.8 Å². The summed E-state index contributed by atoms with van der Waals surface area (Å²) in [5.74, 6) is -1.08. The Bertz CT molecular complexity index is 1560. The van der Waals surface area contributed by atoms with Crippen LogP contribution in [0.2, 0.25) is 0 Å². The summed E-state index contributed by atoms with van der Waals surface area (Å²) in [4.78, 5) is 38.1. The van der Waals surface area contributed by atoms with Gasteiger partial charge >= 0.3 is 17.9 Å². The van der Waals surface area contributed by atoms with E-state index in [4.69, 9.17) is 14.2 Å². The van der Waals surface area contributed by atoms with E-state index in [-0.39, 0.29) is 31.6 Å². The molecule has 6 nitrogen and oxygen atoms in total. The van der Waals surface area contributed by atoms with E-state index in [1.807, 2.05) is 6.08 Å². The second kappa shape index (κ2) is 59.1. The lowest BCUT2D eigenvalue weighted by molar-refractivity contribution is -0.166. The van der Waals surface area contributed by atoms with Crippen molar-refractivity contribution in [1.82, 2.24) is 0 Å². The first kappa shape index (κ1) is 67.5. The van der Waals surface area contributed by atoms with E-state index in [1.165, 1.54) is 83.5 Å². The minimum absolute atomic E-state index is 0.118. The highest BCUT2D eigenvalue weighted by Crippen LogP contribution is 2.15. The minimum atomic E-state index is -0.832. The first-order valence-corrected chi connectivity index (χ1v) is 29.2. The van der Waals surface area contributed by atoms with Gasteiger partial charge < -0.3 is 14.2 Å². The van der Waals surface area contributed by atoms with Gasteiger partial charge in [0.15, 0.2) is 6.10 Å². The monoisotopic (exact) mass is 995 g/mol. The molecule has 0 N–H and O–H groups in total. The van der Waals surface area contributed by atoms with Crippen LogP contribution in [0.25, 0.3) is 0 Å². The van der Waals surface area contributed by atoms with Gasteiger partial charge in [0.2, 0.25) is 0 Å². The van der Waals surface area contributed by atoms with Crippen LogP contribution in [0.15, 0.2) is 134 Å². The molecule has 0 aromatic rings. The average molecular weight is 996 g/mol. The maximum absolute atomic E-state index is 12.9. The number of hydrogen-bond acceptors (Lipinski definition) is 6. The van der Waals surface area contributed by atoms with Crippen molar-refractivity contribution in [3.8, 4) is 0 Å². The summed E-state index contributed by atoms with van der Waals surface area (Å²) < 4.78 is 16.7. The number of esters is 3. The van der Waals surface area contributed by atoms with Crippen LogP contribution in [0.4, 0.5) is 0 Å². The predicted octanol–water partition coefficient (Wildman–Crippen LogP) is 19.8. The highest BCUT2D eigenvalue weighted by molar-refractivity contribution is 5.72. The van der Waals surface area contributed by atoms with Gasteiger partial charge in [0, 0.05) is 12.8 Å². The van der Waals surface area contributed by atoms with E-state index in [0.717, 1.165) is 122 Å². The molecule has 0 rings (SSSR count). The molecule has 0 spiro atoms. The highest BCUT2D eigenvalue weighted by atomic mass is 16.6.